The van der Waals surface area contributed by atoms with Crippen LogP contribution in [0.1, 0.15) is 45.6 Å². The number of aromatic nitrogens is 3. The fraction of sp³-hybridized carbons (Fsp3) is 0.500. The summed E-state index contributed by atoms with van der Waals surface area (Å²) in [6.07, 6.45) is -0.0734. The Morgan fingerprint density at radius 2 is 1.97 bits per heavy atom. The number of rotatable bonds is 4. The number of carbonyl (C=O) groups excluding carboxylic acids is 1. The molecule has 1 aliphatic carbocycles. The summed E-state index contributed by atoms with van der Waals surface area (Å²) in [6, 6.07) is 8.79. The minimum atomic E-state index is -4.42. The van der Waals surface area contributed by atoms with Gasteiger partial charge in [0.05, 0.1) is 17.5 Å². The van der Waals surface area contributed by atoms with E-state index >= 15 is 0 Å². The first kappa shape index (κ1) is 24.4. The lowest BCUT2D eigenvalue weighted by Gasteiger charge is -2.45. The average molecular weight is 502 g/mol. The van der Waals surface area contributed by atoms with E-state index in [4.69, 9.17) is 4.74 Å². The van der Waals surface area contributed by atoms with E-state index < -0.39 is 17.3 Å². The first-order valence-corrected chi connectivity index (χ1v) is 12.2. The van der Waals surface area contributed by atoms with Gasteiger partial charge in [-0.1, -0.05) is 12.1 Å². The maximum atomic E-state index is 13.2. The van der Waals surface area contributed by atoms with Gasteiger partial charge in [0.2, 0.25) is 0 Å². The highest BCUT2D eigenvalue weighted by Gasteiger charge is 2.49. The summed E-state index contributed by atoms with van der Waals surface area (Å²) in [7, 11) is 0. The molecule has 1 saturated carbocycles. The molecule has 192 valence electrons. The van der Waals surface area contributed by atoms with Crippen molar-refractivity contribution in [1.29, 1.82) is 0 Å². The highest BCUT2D eigenvalue weighted by Crippen LogP contribution is 2.51. The van der Waals surface area contributed by atoms with Gasteiger partial charge in [0.1, 0.15) is 11.4 Å². The molecule has 0 bridgehead atoms. The minimum absolute atomic E-state index is 0.168. The van der Waals surface area contributed by atoms with Crippen LogP contribution in [0.2, 0.25) is 0 Å². The van der Waals surface area contributed by atoms with Crippen LogP contribution in [0.3, 0.4) is 0 Å². The summed E-state index contributed by atoms with van der Waals surface area (Å²) in [5.74, 6) is 1.10. The number of ether oxygens (including phenoxy) is 1. The quantitative estimate of drug-likeness (QED) is 0.485. The van der Waals surface area contributed by atoms with Crippen molar-refractivity contribution in [2.75, 3.05) is 25.0 Å². The zero-order chi connectivity index (χ0) is 25.7. The molecule has 1 spiro atoms. The lowest BCUT2D eigenvalue weighted by molar-refractivity contribution is -0.137. The molecule has 2 aromatic heterocycles. The molecule has 0 radical (unpaired) electrons. The van der Waals surface area contributed by atoms with E-state index in [2.05, 4.69) is 15.4 Å². The van der Waals surface area contributed by atoms with E-state index in [1.807, 2.05) is 31.7 Å². The fourth-order valence-electron chi connectivity index (χ4n) is 5.33. The second kappa shape index (κ2) is 8.67. The monoisotopic (exact) mass is 501 g/mol. The molecule has 0 unspecified atom stereocenters. The van der Waals surface area contributed by atoms with Crippen molar-refractivity contribution in [3.63, 3.8) is 0 Å². The Hall–Kier alpha value is -3.30. The fourth-order valence-corrected chi connectivity index (χ4v) is 5.33. The van der Waals surface area contributed by atoms with Crippen LogP contribution in [-0.2, 0) is 10.9 Å². The molecule has 1 N–H and O–H groups in total. The largest absolute Gasteiger partial charge is 0.444 e. The topological polar surface area (TPSA) is 71.8 Å². The first-order valence-electron chi connectivity index (χ1n) is 12.2. The Morgan fingerprint density at radius 1 is 1.19 bits per heavy atom. The van der Waals surface area contributed by atoms with Crippen molar-refractivity contribution >= 4 is 17.6 Å². The number of hydrogen-bond acceptors (Lipinski definition) is 5. The summed E-state index contributed by atoms with van der Waals surface area (Å²) < 4.78 is 46.6. The normalized spacial score (nSPS) is 22.2. The van der Waals surface area contributed by atoms with Gasteiger partial charge in [0.15, 0.2) is 5.65 Å². The lowest BCUT2D eigenvalue weighted by atomic mass is 9.61. The number of alkyl halides is 3. The summed E-state index contributed by atoms with van der Waals surface area (Å²) in [4.78, 5) is 18.5. The van der Waals surface area contributed by atoms with Gasteiger partial charge in [-0.2, -0.15) is 13.2 Å². The van der Waals surface area contributed by atoms with E-state index in [9.17, 15) is 18.0 Å². The smallest absolute Gasteiger partial charge is 0.416 e. The molecule has 3 heterocycles. The third-order valence-corrected chi connectivity index (χ3v) is 6.95. The molecule has 2 aliphatic rings. The third-order valence-electron chi connectivity index (χ3n) is 6.95. The number of benzene rings is 1. The summed E-state index contributed by atoms with van der Waals surface area (Å²) in [6.45, 7) is 7.82. The van der Waals surface area contributed by atoms with Crippen molar-refractivity contribution in [2.45, 2.75) is 51.8 Å². The Morgan fingerprint density at radius 3 is 2.69 bits per heavy atom. The van der Waals surface area contributed by atoms with E-state index in [-0.39, 0.29) is 11.5 Å². The zero-order valence-electron chi connectivity index (χ0n) is 20.6. The maximum absolute atomic E-state index is 13.2. The predicted molar refractivity (Wildman–Crippen MR) is 129 cm³/mol. The molecule has 3 aromatic rings. The molecule has 1 aromatic carbocycles. The molecule has 7 nitrogen and oxygen atoms in total. The number of likely N-dealkylation sites (tertiary alicyclic amines) is 1. The van der Waals surface area contributed by atoms with E-state index in [0.29, 0.717) is 28.6 Å². The maximum Gasteiger partial charge on any atom is 0.416 e. The second-order valence-electron chi connectivity index (χ2n) is 11.0. The van der Waals surface area contributed by atoms with Gasteiger partial charge in [-0.15, -0.1) is 5.10 Å². The van der Waals surface area contributed by atoms with Crippen molar-refractivity contribution in [3.8, 4) is 11.3 Å². The number of halogens is 3. The highest BCUT2D eigenvalue weighted by molar-refractivity contribution is 5.68. The van der Waals surface area contributed by atoms with Crippen LogP contribution < -0.4 is 5.32 Å². The van der Waals surface area contributed by atoms with Gasteiger partial charge in [-0.3, -0.25) is 0 Å². The third kappa shape index (κ3) is 4.99. The average Bonchev–Trinajstić information content (AvgIpc) is 3.40. The molecule has 10 heteroatoms. The predicted octanol–water partition coefficient (Wildman–Crippen LogP) is 5.86. The SMILES string of the molecule is CC(C)(C)OC(=O)N1CCC2(CC(CNc3ccc4ncc(-c5cccc(C(F)(F)F)c5)n4n3)C2)C1. The number of carbonyl (C=O) groups is 1. The van der Waals surface area contributed by atoms with Gasteiger partial charge in [0, 0.05) is 25.2 Å². The number of hydrogen-bond donors (Lipinski definition) is 1. The molecular weight excluding hydrogens is 471 g/mol. The molecule has 5 rings (SSSR count). The van der Waals surface area contributed by atoms with Gasteiger partial charge >= 0.3 is 12.3 Å². The molecular formula is C26H30F3N5O2. The zero-order valence-corrected chi connectivity index (χ0v) is 20.6. The summed E-state index contributed by atoms with van der Waals surface area (Å²) in [5, 5.41) is 7.95. The van der Waals surface area contributed by atoms with Crippen molar-refractivity contribution < 1.29 is 22.7 Å². The van der Waals surface area contributed by atoms with Gasteiger partial charge < -0.3 is 15.0 Å². The van der Waals surface area contributed by atoms with Crippen LogP contribution in [-0.4, -0.2) is 50.8 Å². The number of fused-ring (bicyclic) bond motifs is 1. The molecule has 2 fully saturated rings. The Kier molecular flexibility index (Phi) is 5.88. The molecule has 1 saturated heterocycles. The van der Waals surface area contributed by atoms with Gasteiger partial charge in [0.25, 0.3) is 0 Å². The van der Waals surface area contributed by atoms with Crippen LogP contribution in [0.5, 0.6) is 0 Å². The van der Waals surface area contributed by atoms with Gasteiger partial charge in [-0.25, -0.2) is 14.3 Å². The van der Waals surface area contributed by atoms with Crippen molar-refractivity contribution in [2.24, 2.45) is 11.3 Å². The number of amides is 1. The van der Waals surface area contributed by atoms with Crippen LogP contribution in [0.15, 0.2) is 42.6 Å². The minimum Gasteiger partial charge on any atom is -0.444 e. The molecule has 1 amide bonds. The van der Waals surface area contributed by atoms with Crippen LogP contribution in [0.4, 0.5) is 23.8 Å². The highest BCUT2D eigenvalue weighted by atomic mass is 19.4. The standard InChI is InChI=1S/C26H30F3N5O2/c1-24(2,3)36-23(35)33-10-9-25(16-33)12-17(13-25)14-30-21-7-8-22-31-15-20(34(22)32-21)18-5-4-6-19(11-18)26(27,28)29/h4-8,11,15,17H,9-10,12-14,16H2,1-3H3,(H,30,32). The summed E-state index contributed by atoms with van der Waals surface area (Å²) in [5.41, 5.74) is 0.420. The number of nitrogens with zero attached hydrogens (tertiary/aromatic N) is 4. The number of imidazole rings is 1. The molecule has 0 atom stereocenters. The van der Waals surface area contributed by atoms with E-state index in [1.54, 1.807) is 16.6 Å². The van der Waals surface area contributed by atoms with E-state index in [1.165, 1.54) is 12.3 Å². The van der Waals surface area contributed by atoms with Crippen LogP contribution >= 0.6 is 0 Å². The van der Waals surface area contributed by atoms with Crippen LogP contribution in [0.25, 0.3) is 16.9 Å². The number of anilines is 1. The first-order chi connectivity index (χ1) is 16.9. The van der Waals surface area contributed by atoms with Gasteiger partial charge in [-0.05, 0) is 75.6 Å². The lowest BCUT2D eigenvalue weighted by Crippen LogP contribution is -2.44. The Bertz CT molecular complexity index is 1270. The van der Waals surface area contributed by atoms with E-state index in [0.717, 1.165) is 51.0 Å². The number of nitrogens with one attached hydrogen (secondary N) is 1. The van der Waals surface area contributed by atoms with Crippen molar-refractivity contribution in [3.05, 3.63) is 48.2 Å². The Labute approximate surface area is 207 Å². The van der Waals surface area contributed by atoms with Crippen molar-refractivity contribution in [1.82, 2.24) is 19.5 Å². The Balaban J connectivity index is 1.21. The molecule has 1 aliphatic heterocycles. The second-order valence-corrected chi connectivity index (χ2v) is 11.0. The summed E-state index contributed by atoms with van der Waals surface area (Å²) >= 11 is 0. The van der Waals surface area contributed by atoms with Crippen LogP contribution in [0, 0.1) is 11.3 Å². The molecule has 36 heavy (non-hydrogen) atoms.